The average molecular weight is 341 g/mol. The Morgan fingerprint density at radius 3 is 2.39 bits per heavy atom. The second-order valence-electron chi connectivity index (χ2n) is 7.27. The van der Waals surface area contributed by atoms with E-state index in [1.54, 1.807) is 34.6 Å². The second kappa shape index (κ2) is 6.84. The first kappa shape index (κ1) is 20.0. The molecule has 1 heterocycles. The molecule has 0 bridgehead atoms. The Labute approximate surface area is 134 Å². The molecule has 0 aromatic rings. The van der Waals surface area contributed by atoms with Crippen molar-refractivity contribution >= 4 is 6.09 Å². The standard InChI is InChI=1S/C15H26F3NO4/c1-13(2,3)23-12(21)19-11(9-22-14(19,4)5)10(6-7-20)8-15(16,17)18/h10-11,20H,6-9H2,1-5H3/t10-,11-/m0/s1. The van der Waals surface area contributed by atoms with Gasteiger partial charge in [0.2, 0.25) is 0 Å². The first-order valence-electron chi connectivity index (χ1n) is 7.61. The monoisotopic (exact) mass is 341 g/mol. The highest BCUT2D eigenvalue weighted by Crippen LogP contribution is 2.38. The number of amides is 1. The Hall–Kier alpha value is -1.02. The molecule has 0 spiro atoms. The number of hydrogen-bond acceptors (Lipinski definition) is 4. The van der Waals surface area contributed by atoms with Gasteiger partial charge in [0.05, 0.1) is 12.6 Å². The number of ether oxygens (including phenoxy) is 2. The number of carbonyl (C=O) groups excluding carboxylic acids is 1. The van der Waals surface area contributed by atoms with Crippen molar-refractivity contribution in [3.05, 3.63) is 0 Å². The summed E-state index contributed by atoms with van der Waals surface area (Å²) in [6, 6.07) is -0.798. The zero-order valence-electron chi connectivity index (χ0n) is 14.2. The van der Waals surface area contributed by atoms with E-state index in [0.29, 0.717) is 0 Å². The Morgan fingerprint density at radius 2 is 1.96 bits per heavy atom. The van der Waals surface area contributed by atoms with Crippen molar-refractivity contribution in [2.45, 2.75) is 71.0 Å². The van der Waals surface area contributed by atoms with Crippen LogP contribution in [0.25, 0.3) is 0 Å². The molecule has 1 saturated heterocycles. The van der Waals surface area contributed by atoms with Gasteiger partial charge in [-0.3, -0.25) is 4.90 Å². The molecule has 0 saturated carbocycles. The summed E-state index contributed by atoms with van der Waals surface area (Å²) >= 11 is 0. The molecular formula is C15H26F3NO4. The predicted octanol–water partition coefficient (Wildman–Crippen LogP) is 3.31. The van der Waals surface area contributed by atoms with Gasteiger partial charge in [-0.25, -0.2) is 4.79 Å². The van der Waals surface area contributed by atoms with Crippen LogP contribution in [0, 0.1) is 5.92 Å². The maximum absolute atomic E-state index is 12.8. The average Bonchev–Trinajstić information content (AvgIpc) is 2.60. The molecule has 0 aromatic heterocycles. The summed E-state index contributed by atoms with van der Waals surface area (Å²) in [5.74, 6) is -0.950. The smallest absolute Gasteiger partial charge is 0.412 e. The van der Waals surface area contributed by atoms with Crippen molar-refractivity contribution in [3.8, 4) is 0 Å². The predicted molar refractivity (Wildman–Crippen MR) is 77.8 cm³/mol. The third-order valence-corrected chi connectivity index (χ3v) is 3.65. The van der Waals surface area contributed by atoms with Gasteiger partial charge >= 0.3 is 12.3 Å². The van der Waals surface area contributed by atoms with Gasteiger partial charge in [-0.1, -0.05) is 0 Å². The minimum absolute atomic E-state index is 0.0208. The zero-order valence-corrected chi connectivity index (χ0v) is 14.2. The number of aliphatic hydroxyl groups is 1. The minimum Gasteiger partial charge on any atom is -0.444 e. The molecule has 8 heteroatoms. The molecule has 136 valence electrons. The van der Waals surface area contributed by atoms with Crippen molar-refractivity contribution in [2.75, 3.05) is 13.2 Å². The summed E-state index contributed by atoms with van der Waals surface area (Å²) in [5, 5.41) is 9.09. The zero-order chi connectivity index (χ0) is 18.1. The van der Waals surface area contributed by atoms with Gasteiger partial charge < -0.3 is 14.6 Å². The SMILES string of the molecule is CC(C)(C)OC(=O)N1[C@H]([C@@H](CCO)CC(F)(F)F)COC1(C)C. The minimum atomic E-state index is -4.38. The van der Waals surface area contributed by atoms with Crippen LogP contribution in [0.4, 0.5) is 18.0 Å². The first-order valence-corrected chi connectivity index (χ1v) is 7.61. The van der Waals surface area contributed by atoms with Gasteiger partial charge in [-0.05, 0) is 47.0 Å². The summed E-state index contributed by atoms with van der Waals surface area (Å²) in [7, 11) is 0. The number of carbonyl (C=O) groups is 1. The van der Waals surface area contributed by atoms with Gasteiger partial charge in [0.1, 0.15) is 11.3 Å². The molecule has 1 fully saturated rings. The van der Waals surface area contributed by atoms with E-state index in [2.05, 4.69) is 0 Å². The van der Waals surface area contributed by atoms with E-state index in [4.69, 9.17) is 14.6 Å². The maximum Gasteiger partial charge on any atom is 0.412 e. The third kappa shape index (κ3) is 5.84. The summed E-state index contributed by atoms with van der Waals surface area (Å²) in [4.78, 5) is 13.7. The molecule has 0 radical (unpaired) electrons. The van der Waals surface area contributed by atoms with Crippen molar-refractivity contribution < 1.29 is 32.5 Å². The van der Waals surface area contributed by atoms with Crippen molar-refractivity contribution in [1.29, 1.82) is 0 Å². The van der Waals surface area contributed by atoms with E-state index in [1.165, 1.54) is 4.90 Å². The van der Waals surface area contributed by atoms with Crippen LogP contribution in [0.15, 0.2) is 0 Å². The highest BCUT2D eigenvalue weighted by molar-refractivity contribution is 5.69. The van der Waals surface area contributed by atoms with E-state index in [1.807, 2.05) is 0 Å². The highest BCUT2D eigenvalue weighted by Gasteiger charge is 2.50. The van der Waals surface area contributed by atoms with Gasteiger partial charge in [0, 0.05) is 13.0 Å². The van der Waals surface area contributed by atoms with Crippen LogP contribution in [0.1, 0.15) is 47.5 Å². The molecule has 1 aliphatic heterocycles. The molecule has 2 atom stereocenters. The molecular weight excluding hydrogens is 315 g/mol. The maximum atomic E-state index is 12.8. The number of alkyl halides is 3. The lowest BCUT2D eigenvalue weighted by Gasteiger charge is -2.37. The van der Waals surface area contributed by atoms with Crippen molar-refractivity contribution in [2.24, 2.45) is 5.92 Å². The Morgan fingerprint density at radius 1 is 1.39 bits per heavy atom. The van der Waals surface area contributed by atoms with Crippen LogP contribution in [0.3, 0.4) is 0 Å². The summed E-state index contributed by atoms with van der Waals surface area (Å²) in [5.41, 5.74) is -1.83. The molecule has 0 unspecified atom stereocenters. The van der Waals surface area contributed by atoms with Gasteiger partial charge in [-0.15, -0.1) is 0 Å². The summed E-state index contributed by atoms with van der Waals surface area (Å²) < 4.78 is 49.3. The van der Waals surface area contributed by atoms with E-state index >= 15 is 0 Å². The summed E-state index contributed by atoms with van der Waals surface area (Å²) in [6.07, 6.45) is -6.25. The Bertz CT molecular complexity index is 418. The van der Waals surface area contributed by atoms with Crippen LogP contribution in [-0.2, 0) is 9.47 Å². The van der Waals surface area contributed by atoms with Gasteiger partial charge in [0.25, 0.3) is 0 Å². The van der Waals surface area contributed by atoms with Crippen molar-refractivity contribution in [3.63, 3.8) is 0 Å². The highest BCUT2D eigenvalue weighted by atomic mass is 19.4. The van der Waals surface area contributed by atoms with Gasteiger partial charge in [0.15, 0.2) is 0 Å². The fourth-order valence-electron chi connectivity index (χ4n) is 2.74. The molecule has 1 N–H and O–H groups in total. The topological polar surface area (TPSA) is 59.0 Å². The van der Waals surface area contributed by atoms with E-state index < -0.39 is 42.0 Å². The second-order valence-corrected chi connectivity index (χ2v) is 7.27. The Kier molecular flexibility index (Phi) is 5.96. The lowest BCUT2D eigenvalue weighted by atomic mass is 9.92. The van der Waals surface area contributed by atoms with Crippen molar-refractivity contribution in [1.82, 2.24) is 4.90 Å². The number of rotatable bonds is 4. The van der Waals surface area contributed by atoms with Crippen LogP contribution in [0.5, 0.6) is 0 Å². The normalized spacial score (nSPS) is 23.0. The number of hydrogen-bond donors (Lipinski definition) is 1. The fraction of sp³-hybridized carbons (Fsp3) is 0.933. The third-order valence-electron chi connectivity index (χ3n) is 3.65. The summed E-state index contributed by atoms with van der Waals surface area (Å²) in [6.45, 7) is 7.87. The molecule has 23 heavy (non-hydrogen) atoms. The number of halogens is 3. The molecule has 0 aliphatic carbocycles. The lowest BCUT2D eigenvalue weighted by Crippen LogP contribution is -2.52. The number of aliphatic hydroxyl groups excluding tert-OH is 1. The van der Waals surface area contributed by atoms with Crippen LogP contribution in [-0.4, -0.2) is 52.9 Å². The number of nitrogens with zero attached hydrogens (tertiary/aromatic N) is 1. The molecule has 1 amide bonds. The largest absolute Gasteiger partial charge is 0.444 e. The van der Waals surface area contributed by atoms with E-state index in [0.717, 1.165) is 0 Å². The van der Waals surface area contributed by atoms with Gasteiger partial charge in [-0.2, -0.15) is 13.2 Å². The molecule has 0 aromatic carbocycles. The van der Waals surface area contributed by atoms with Crippen LogP contribution >= 0.6 is 0 Å². The molecule has 1 rings (SSSR count). The quantitative estimate of drug-likeness (QED) is 0.852. The first-order chi connectivity index (χ1) is 10.3. The molecule has 1 aliphatic rings. The van der Waals surface area contributed by atoms with Crippen LogP contribution < -0.4 is 0 Å². The fourth-order valence-corrected chi connectivity index (χ4v) is 2.74. The lowest BCUT2D eigenvalue weighted by molar-refractivity contribution is -0.150. The van der Waals surface area contributed by atoms with Crippen LogP contribution in [0.2, 0.25) is 0 Å². The van der Waals surface area contributed by atoms with E-state index in [-0.39, 0.29) is 19.6 Å². The van der Waals surface area contributed by atoms with E-state index in [9.17, 15) is 18.0 Å². The Balaban J connectivity index is 3.03. The molecule has 5 nitrogen and oxygen atoms in total.